The third-order valence-corrected chi connectivity index (χ3v) is 3.43. The maximum absolute atomic E-state index is 12.9. The van der Waals surface area contributed by atoms with E-state index in [1.807, 2.05) is 13.8 Å². The summed E-state index contributed by atoms with van der Waals surface area (Å²) in [5, 5.41) is 8.73. The molecule has 15 heavy (non-hydrogen) atoms. The number of aliphatic carboxylic acids is 1. The number of alkyl halides is 2. The van der Waals surface area contributed by atoms with E-state index in [0.29, 0.717) is 12.8 Å². The zero-order chi connectivity index (χ0) is 11.7. The predicted octanol–water partition coefficient (Wildman–Crippen LogP) is 3.31. The molecule has 4 heteroatoms. The molecule has 0 aromatic carbocycles. The maximum Gasteiger partial charge on any atom is 0.303 e. The molecule has 0 bridgehead atoms. The van der Waals surface area contributed by atoms with Gasteiger partial charge in [-0.15, -0.1) is 0 Å². The number of carboxylic acids is 1. The van der Waals surface area contributed by atoms with Gasteiger partial charge in [0.1, 0.15) is 0 Å². The molecule has 0 heterocycles. The number of rotatable bonds is 3. The molecule has 0 amide bonds. The van der Waals surface area contributed by atoms with Gasteiger partial charge in [-0.25, -0.2) is 8.78 Å². The van der Waals surface area contributed by atoms with Crippen molar-refractivity contribution < 1.29 is 18.7 Å². The highest BCUT2D eigenvalue weighted by molar-refractivity contribution is 5.67. The van der Waals surface area contributed by atoms with Crippen molar-refractivity contribution in [2.45, 2.75) is 51.9 Å². The Kier molecular flexibility index (Phi) is 3.36. The molecule has 88 valence electrons. The first-order chi connectivity index (χ1) is 6.73. The van der Waals surface area contributed by atoms with Crippen LogP contribution in [0.3, 0.4) is 0 Å². The third-order valence-electron chi connectivity index (χ3n) is 3.43. The Balaban J connectivity index is 2.55. The zero-order valence-corrected chi connectivity index (χ0v) is 9.22. The van der Waals surface area contributed by atoms with Crippen LogP contribution in [0.5, 0.6) is 0 Å². The molecule has 1 saturated carbocycles. The summed E-state index contributed by atoms with van der Waals surface area (Å²) < 4.78 is 25.8. The van der Waals surface area contributed by atoms with Crippen LogP contribution in [0.1, 0.15) is 46.0 Å². The summed E-state index contributed by atoms with van der Waals surface area (Å²) in [4.78, 5) is 10.6. The molecule has 0 radical (unpaired) electrons. The largest absolute Gasteiger partial charge is 0.481 e. The molecule has 1 N–H and O–H groups in total. The third kappa shape index (κ3) is 3.43. The average Bonchev–Trinajstić information content (AvgIpc) is 2.00. The lowest BCUT2D eigenvalue weighted by Crippen LogP contribution is -2.34. The van der Waals surface area contributed by atoms with Gasteiger partial charge in [0.15, 0.2) is 0 Å². The maximum atomic E-state index is 12.9. The molecule has 2 nitrogen and oxygen atoms in total. The molecular weight excluding hydrogens is 202 g/mol. The molecule has 0 aliphatic heterocycles. The van der Waals surface area contributed by atoms with Gasteiger partial charge in [-0.3, -0.25) is 4.79 Å². The van der Waals surface area contributed by atoms with Gasteiger partial charge in [0.25, 0.3) is 0 Å². The van der Waals surface area contributed by atoms with Crippen molar-refractivity contribution in [3.8, 4) is 0 Å². The number of carbonyl (C=O) groups is 1. The summed E-state index contributed by atoms with van der Waals surface area (Å²) in [7, 11) is 0. The van der Waals surface area contributed by atoms with Crippen LogP contribution in [-0.4, -0.2) is 17.0 Å². The first-order valence-electron chi connectivity index (χ1n) is 5.33. The highest BCUT2D eigenvalue weighted by Gasteiger charge is 2.41. The van der Waals surface area contributed by atoms with Gasteiger partial charge in [0.05, 0.1) is 6.42 Å². The van der Waals surface area contributed by atoms with E-state index in [2.05, 4.69) is 0 Å². The highest BCUT2D eigenvalue weighted by atomic mass is 19.3. The van der Waals surface area contributed by atoms with Crippen LogP contribution >= 0.6 is 0 Å². The molecule has 1 fully saturated rings. The van der Waals surface area contributed by atoms with Gasteiger partial charge < -0.3 is 5.11 Å². The van der Waals surface area contributed by atoms with Crippen molar-refractivity contribution in [3.63, 3.8) is 0 Å². The minimum Gasteiger partial charge on any atom is -0.481 e. The second-order valence-corrected chi connectivity index (χ2v) is 5.19. The molecule has 0 aromatic rings. The fraction of sp³-hybridized carbons (Fsp3) is 0.909. The Labute approximate surface area is 88.7 Å². The van der Waals surface area contributed by atoms with Crippen molar-refractivity contribution >= 4 is 5.97 Å². The molecule has 0 atom stereocenters. The van der Waals surface area contributed by atoms with Crippen molar-refractivity contribution in [1.29, 1.82) is 0 Å². The van der Waals surface area contributed by atoms with Crippen LogP contribution < -0.4 is 0 Å². The van der Waals surface area contributed by atoms with Crippen LogP contribution in [0.4, 0.5) is 8.78 Å². The Hall–Kier alpha value is -0.670. The van der Waals surface area contributed by atoms with Crippen LogP contribution in [0.15, 0.2) is 0 Å². The summed E-state index contributed by atoms with van der Waals surface area (Å²) >= 11 is 0. The van der Waals surface area contributed by atoms with E-state index in [1.54, 1.807) is 0 Å². The molecule has 1 aliphatic rings. The number of halogens is 2. The van der Waals surface area contributed by atoms with Crippen LogP contribution in [0.25, 0.3) is 0 Å². The van der Waals surface area contributed by atoms with Gasteiger partial charge in [0, 0.05) is 12.8 Å². The van der Waals surface area contributed by atoms with Gasteiger partial charge in [-0.1, -0.05) is 13.8 Å². The Morgan fingerprint density at radius 2 is 1.87 bits per heavy atom. The lowest BCUT2D eigenvalue weighted by atomic mass is 9.69. The minimum absolute atomic E-state index is 0.0588. The fourth-order valence-corrected chi connectivity index (χ4v) is 2.36. The van der Waals surface area contributed by atoms with E-state index in [0.717, 1.165) is 0 Å². The molecule has 1 rings (SSSR count). The minimum atomic E-state index is -2.53. The SMILES string of the molecule is CC(C)(CC(=O)O)C1CCC(F)(F)CC1. The second-order valence-electron chi connectivity index (χ2n) is 5.19. The first kappa shape index (κ1) is 12.4. The number of carboxylic acid groups (broad SMARTS) is 1. The first-order valence-corrected chi connectivity index (χ1v) is 5.33. The predicted molar refractivity (Wildman–Crippen MR) is 52.9 cm³/mol. The van der Waals surface area contributed by atoms with E-state index >= 15 is 0 Å². The van der Waals surface area contributed by atoms with Crippen LogP contribution in [0, 0.1) is 11.3 Å². The average molecular weight is 220 g/mol. The molecule has 0 saturated heterocycles. The van der Waals surface area contributed by atoms with Crippen molar-refractivity contribution in [2.24, 2.45) is 11.3 Å². The van der Waals surface area contributed by atoms with Gasteiger partial charge in [0.2, 0.25) is 5.92 Å². The summed E-state index contributed by atoms with van der Waals surface area (Å²) in [6.07, 6.45) is 0.741. The van der Waals surface area contributed by atoms with Crippen molar-refractivity contribution in [1.82, 2.24) is 0 Å². The number of hydrogen-bond acceptors (Lipinski definition) is 1. The van der Waals surface area contributed by atoms with Crippen molar-refractivity contribution in [2.75, 3.05) is 0 Å². The monoisotopic (exact) mass is 220 g/mol. The summed E-state index contributed by atoms with van der Waals surface area (Å²) in [5.74, 6) is -3.28. The number of hydrogen-bond donors (Lipinski definition) is 1. The quantitative estimate of drug-likeness (QED) is 0.792. The van der Waals surface area contributed by atoms with Crippen LogP contribution in [0.2, 0.25) is 0 Å². The molecule has 0 spiro atoms. The Bertz CT molecular complexity index is 239. The van der Waals surface area contributed by atoms with E-state index in [1.165, 1.54) is 0 Å². The summed E-state index contributed by atoms with van der Waals surface area (Å²) in [5.41, 5.74) is -0.373. The van der Waals surface area contributed by atoms with Gasteiger partial charge >= 0.3 is 5.97 Å². The smallest absolute Gasteiger partial charge is 0.303 e. The Morgan fingerprint density at radius 1 is 1.40 bits per heavy atom. The van der Waals surface area contributed by atoms with E-state index in [4.69, 9.17) is 5.11 Å². The zero-order valence-electron chi connectivity index (χ0n) is 9.22. The van der Waals surface area contributed by atoms with Crippen molar-refractivity contribution in [3.05, 3.63) is 0 Å². The highest BCUT2D eigenvalue weighted by Crippen LogP contribution is 2.45. The lowest BCUT2D eigenvalue weighted by molar-refractivity contribution is -0.141. The lowest BCUT2D eigenvalue weighted by Gasteiger charge is -2.38. The summed E-state index contributed by atoms with van der Waals surface area (Å²) in [6.45, 7) is 3.71. The molecule has 0 aromatic heterocycles. The second kappa shape index (κ2) is 4.06. The van der Waals surface area contributed by atoms with Gasteiger partial charge in [-0.2, -0.15) is 0 Å². The molecule has 0 unspecified atom stereocenters. The van der Waals surface area contributed by atoms with Gasteiger partial charge in [-0.05, 0) is 24.2 Å². The van der Waals surface area contributed by atoms with E-state index in [9.17, 15) is 13.6 Å². The summed E-state index contributed by atoms with van der Waals surface area (Å²) in [6, 6.07) is 0. The normalized spacial score (nSPS) is 22.7. The molecular formula is C11H18F2O2. The van der Waals surface area contributed by atoms with E-state index < -0.39 is 11.9 Å². The fourth-order valence-electron chi connectivity index (χ4n) is 2.36. The van der Waals surface area contributed by atoms with Crippen LogP contribution in [-0.2, 0) is 4.79 Å². The topological polar surface area (TPSA) is 37.3 Å². The van der Waals surface area contributed by atoms with E-state index in [-0.39, 0.29) is 30.6 Å². The molecule has 1 aliphatic carbocycles. The standard InChI is InChI=1S/C11H18F2O2/c1-10(2,7-9(14)15)8-3-5-11(12,13)6-4-8/h8H,3-7H2,1-2H3,(H,14,15). The Morgan fingerprint density at radius 3 is 2.27 bits per heavy atom.